The Morgan fingerprint density at radius 3 is 1.59 bits per heavy atom. The van der Waals surface area contributed by atoms with Gasteiger partial charge in [0.1, 0.15) is 5.60 Å². The van der Waals surface area contributed by atoms with Crippen molar-refractivity contribution in [2.24, 2.45) is 11.8 Å². The number of amides is 3. The van der Waals surface area contributed by atoms with Gasteiger partial charge in [-0.1, -0.05) is 66.1 Å². The third-order valence-corrected chi connectivity index (χ3v) is 6.55. The van der Waals surface area contributed by atoms with Crippen LogP contribution in [-0.2, 0) is 27.4 Å². The predicted octanol–water partition coefficient (Wildman–Crippen LogP) is 4.89. The van der Waals surface area contributed by atoms with Crippen LogP contribution in [0, 0.1) is 25.7 Å². The van der Waals surface area contributed by atoms with Crippen LogP contribution in [0.2, 0.25) is 0 Å². The van der Waals surface area contributed by atoms with Crippen molar-refractivity contribution in [3.05, 3.63) is 70.8 Å². The Morgan fingerprint density at radius 1 is 0.784 bits per heavy atom. The molecule has 1 heterocycles. The van der Waals surface area contributed by atoms with E-state index in [1.165, 1.54) is 23.1 Å². The number of rotatable bonds is 6. The summed E-state index contributed by atoms with van der Waals surface area (Å²) in [6.07, 6.45) is 3.00. The van der Waals surface area contributed by atoms with Gasteiger partial charge in [0, 0.05) is 32.1 Å². The molecule has 2 aliphatic rings. The van der Waals surface area contributed by atoms with Gasteiger partial charge in [-0.25, -0.2) is 4.79 Å². The molecule has 0 radical (unpaired) electrons. The molecule has 0 atom stereocenters. The minimum Gasteiger partial charge on any atom is -0.444 e. The van der Waals surface area contributed by atoms with Crippen LogP contribution in [0.5, 0.6) is 0 Å². The molecule has 200 valence electrons. The summed E-state index contributed by atoms with van der Waals surface area (Å²) in [4.78, 5) is 36.9. The monoisotopic (exact) mass is 507 g/mol. The summed E-state index contributed by atoms with van der Waals surface area (Å²) in [6, 6.07) is 16.3. The van der Waals surface area contributed by atoms with Crippen LogP contribution in [0.4, 0.5) is 4.79 Å². The second-order valence-corrected chi connectivity index (χ2v) is 11.1. The van der Waals surface area contributed by atoms with Crippen molar-refractivity contribution in [1.82, 2.24) is 15.5 Å². The van der Waals surface area contributed by atoms with Crippen LogP contribution in [0.1, 0.15) is 62.3 Å². The predicted molar refractivity (Wildman–Crippen MR) is 145 cm³/mol. The molecule has 4 rings (SSSR count). The molecule has 1 saturated carbocycles. The Labute approximate surface area is 221 Å². The molecular formula is C30H41N3O4. The van der Waals surface area contributed by atoms with Gasteiger partial charge in [0.15, 0.2) is 0 Å². The average Bonchev–Trinajstić information content (AvgIpc) is 2.75. The Bertz CT molecular complexity index is 1050. The molecule has 2 aromatic rings. The van der Waals surface area contributed by atoms with E-state index in [1.54, 1.807) is 4.90 Å². The maximum Gasteiger partial charge on any atom is 0.410 e. The second kappa shape index (κ2) is 12.7. The summed E-state index contributed by atoms with van der Waals surface area (Å²) >= 11 is 0. The molecule has 1 aliphatic carbocycles. The Balaban J connectivity index is 0.000000220. The van der Waals surface area contributed by atoms with Gasteiger partial charge >= 0.3 is 6.09 Å². The lowest BCUT2D eigenvalue weighted by Crippen LogP contribution is -2.56. The first-order chi connectivity index (χ1) is 17.5. The number of nitrogens with one attached hydrogen (secondary N) is 2. The van der Waals surface area contributed by atoms with E-state index in [0.29, 0.717) is 26.2 Å². The quantitative estimate of drug-likeness (QED) is 0.583. The fourth-order valence-corrected chi connectivity index (χ4v) is 3.87. The molecule has 3 amide bonds. The number of hydrogen-bond donors (Lipinski definition) is 2. The average molecular weight is 508 g/mol. The molecule has 7 nitrogen and oxygen atoms in total. The molecule has 0 aromatic heterocycles. The Hall–Kier alpha value is -3.35. The number of nitrogens with zero attached hydrogens (tertiary/aromatic N) is 1. The first-order valence-electron chi connectivity index (χ1n) is 13.1. The van der Waals surface area contributed by atoms with Crippen LogP contribution < -0.4 is 10.6 Å². The summed E-state index contributed by atoms with van der Waals surface area (Å²) in [5, 5.41) is 5.89. The van der Waals surface area contributed by atoms with Crippen LogP contribution in [0.3, 0.4) is 0 Å². The molecule has 1 aliphatic heterocycles. The van der Waals surface area contributed by atoms with Gasteiger partial charge in [-0.15, -0.1) is 0 Å². The Morgan fingerprint density at radius 2 is 1.22 bits per heavy atom. The molecule has 0 bridgehead atoms. The van der Waals surface area contributed by atoms with E-state index < -0.39 is 5.60 Å². The summed E-state index contributed by atoms with van der Waals surface area (Å²) in [7, 11) is 0. The summed E-state index contributed by atoms with van der Waals surface area (Å²) in [5.74, 6) is 0.357. The lowest BCUT2D eigenvalue weighted by Gasteiger charge is -2.38. The molecule has 0 spiro atoms. The fourth-order valence-electron chi connectivity index (χ4n) is 3.87. The summed E-state index contributed by atoms with van der Waals surface area (Å²) < 4.78 is 5.27. The Kier molecular flexibility index (Phi) is 9.73. The molecule has 2 fully saturated rings. The number of carbonyl (C=O) groups is 3. The van der Waals surface area contributed by atoms with Gasteiger partial charge in [0.2, 0.25) is 11.8 Å². The van der Waals surface area contributed by atoms with E-state index in [9.17, 15) is 14.4 Å². The molecule has 2 N–H and O–H groups in total. The molecule has 7 heteroatoms. The van der Waals surface area contributed by atoms with Crippen molar-refractivity contribution in [3.63, 3.8) is 0 Å². The van der Waals surface area contributed by atoms with E-state index in [0.717, 1.165) is 18.4 Å². The third-order valence-electron chi connectivity index (χ3n) is 6.55. The fraction of sp³-hybridized carbons (Fsp3) is 0.500. The smallest absolute Gasteiger partial charge is 0.410 e. The molecular weight excluding hydrogens is 466 g/mol. The van der Waals surface area contributed by atoms with Gasteiger partial charge in [-0.05, 0) is 58.6 Å². The zero-order chi connectivity index (χ0) is 27.0. The topological polar surface area (TPSA) is 87.7 Å². The van der Waals surface area contributed by atoms with Gasteiger partial charge < -0.3 is 20.3 Å². The zero-order valence-corrected chi connectivity index (χ0v) is 22.8. The van der Waals surface area contributed by atoms with Crippen molar-refractivity contribution in [2.45, 2.75) is 72.6 Å². The molecule has 1 saturated heterocycles. The lowest BCUT2D eigenvalue weighted by molar-refractivity contribution is -0.130. The van der Waals surface area contributed by atoms with Crippen molar-refractivity contribution < 1.29 is 19.1 Å². The largest absolute Gasteiger partial charge is 0.444 e. The minimum atomic E-state index is -0.504. The number of carbonyl (C=O) groups excluding carboxylic acids is 3. The zero-order valence-electron chi connectivity index (χ0n) is 22.8. The maximum atomic E-state index is 12.0. The van der Waals surface area contributed by atoms with Gasteiger partial charge in [-0.2, -0.15) is 0 Å². The molecule has 0 unspecified atom stereocenters. The van der Waals surface area contributed by atoms with Crippen LogP contribution in [-0.4, -0.2) is 41.5 Å². The normalized spacial score (nSPS) is 15.4. The third kappa shape index (κ3) is 9.23. The van der Waals surface area contributed by atoms with Crippen molar-refractivity contribution in [3.8, 4) is 0 Å². The highest BCUT2D eigenvalue weighted by atomic mass is 16.6. The van der Waals surface area contributed by atoms with Gasteiger partial charge in [-0.3, -0.25) is 9.59 Å². The SMILES string of the molecule is Cc1ccc(CNC(=O)C2CCC2)cc1.Cc1ccc(CNC(=O)C2CN(C(=O)OC(C)(C)C)C2)cc1. The molecule has 2 aromatic carbocycles. The highest BCUT2D eigenvalue weighted by molar-refractivity contribution is 5.82. The standard InChI is InChI=1S/C17H24N2O3.C13H17NO/c1-12-5-7-13(8-6-12)9-18-15(20)14-10-19(11-14)16(21)22-17(2,3)4;1-10-5-7-11(8-6-10)9-14-13(15)12-3-2-4-12/h5-8,14H,9-11H2,1-4H3,(H,18,20);5-8,12H,2-4,9H2,1H3,(H,14,15). The highest BCUT2D eigenvalue weighted by Gasteiger charge is 2.37. The highest BCUT2D eigenvalue weighted by Crippen LogP contribution is 2.26. The van der Waals surface area contributed by atoms with Crippen molar-refractivity contribution in [2.75, 3.05) is 13.1 Å². The summed E-state index contributed by atoms with van der Waals surface area (Å²) in [5.41, 5.74) is 4.19. The number of ether oxygens (including phenoxy) is 1. The van der Waals surface area contributed by atoms with Crippen molar-refractivity contribution in [1.29, 1.82) is 0 Å². The minimum absolute atomic E-state index is 0.0135. The van der Waals surface area contributed by atoms with E-state index in [1.807, 2.05) is 52.0 Å². The number of benzene rings is 2. The molecule has 37 heavy (non-hydrogen) atoms. The summed E-state index contributed by atoms with van der Waals surface area (Å²) in [6.45, 7) is 11.6. The maximum absolute atomic E-state index is 12.0. The van der Waals surface area contributed by atoms with E-state index >= 15 is 0 Å². The van der Waals surface area contributed by atoms with Crippen LogP contribution in [0.25, 0.3) is 0 Å². The van der Waals surface area contributed by atoms with Gasteiger partial charge in [0.05, 0.1) is 5.92 Å². The van der Waals surface area contributed by atoms with Gasteiger partial charge in [0.25, 0.3) is 0 Å². The van der Waals surface area contributed by atoms with Crippen molar-refractivity contribution >= 4 is 17.9 Å². The second-order valence-electron chi connectivity index (χ2n) is 11.1. The van der Waals surface area contributed by atoms with E-state index in [-0.39, 0.29) is 29.7 Å². The first-order valence-corrected chi connectivity index (χ1v) is 13.1. The number of likely N-dealkylation sites (tertiary alicyclic amines) is 1. The first kappa shape index (κ1) is 28.2. The lowest BCUT2D eigenvalue weighted by atomic mass is 9.85. The van der Waals surface area contributed by atoms with E-state index in [2.05, 4.69) is 41.8 Å². The van der Waals surface area contributed by atoms with Crippen LogP contribution >= 0.6 is 0 Å². The number of aryl methyl sites for hydroxylation is 2. The van der Waals surface area contributed by atoms with Crippen LogP contribution in [0.15, 0.2) is 48.5 Å². The van der Waals surface area contributed by atoms with E-state index in [4.69, 9.17) is 4.74 Å². The number of hydrogen-bond acceptors (Lipinski definition) is 4.